The summed E-state index contributed by atoms with van der Waals surface area (Å²) in [5.74, 6) is 0.948. The van der Waals surface area contributed by atoms with Gasteiger partial charge < -0.3 is 9.52 Å². The Labute approximate surface area is 347 Å². The number of pyridine rings is 1. The summed E-state index contributed by atoms with van der Waals surface area (Å²) in [4.78, 5) is 10.4. The summed E-state index contributed by atoms with van der Waals surface area (Å²) < 4.78 is 8.37. The van der Waals surface area contributed by atoms with E-state index in [-0.39, 0.29) is 22.0 Å². The van der Waals surface area contributed by atoms with Crippen LogP contribution in [0, 0.1) is 0 Å². The summed E-state index contributed by atoms with van der Waals surface area (Å²) in [5.41, 5.74) is 14.0. The van der Waals surface area contributed by atoms with Gasteiger partial charge in [0.1, 0.15) is 17.2 Å². The van der Waals surface area contributed by atoms with Crippen LogP contribution in [-0.2, 0) is 16.2 Å². The predicted octanol–water partition coefficient (Wildman–Crippen LogP) is 14.6. The fourth-order valence-corrected chi connectivity index (χ4v) is 8.25. The Balaban J connectivity index is 1.33. The van der Waals surface area contributed by atoms with Gasteiger partial charge in [0.2, 0.25) is 0 Å². The Hall–Kier alpha value is -6.46. The first kappa shape index (κ1) is 38.1. The van der Waals surface area contributed by atoms with Crippen molar-refractivity contribution in [1.29, 1.82) is 0 Å². The lowest BCUT2D eigenvalue weighted by Gasteiger charge is -2.28. The van der Waals surface area contributed by atoms with E-state index in [0.717, 1.165) is 83.3 Å². The Morgan fingerprint density at radius 3 is 1.95 bits per heavy atom. The maximum absolute atomic E-state index is 12.4. The van der Waals surface area contributed by atoms with Gasteiger partial charge in [-0.3, -0.25) is 9.55 Å². The SMILES string of the molecule is CC(C)(C)c1ccc(-n2c(-c3cc(C(C)(C)C)cc(C(C)(C)C)c3O)nc3c(-c4cccc(-c5cc6c(cn5)oc5ccccc56)c4)cccc32)c(-c2ccccc2)c1. The number of furan rings is 1. The van der Waals surface area contributed by atoms with Crippen molar-refractivity contribution < 1.29 is 9.52 Å². The monoisotopic (exact) mass is 773 g/mol. The lowest BCUT2D eigenvalue weighted by atomic mass is 9.79. The normalized spacial score (nSPS) is 12.6. The molecule has 0 amide bonds. The minimum atomic E-state index is -0.314. The van der Waals surface area contributed by atoms with Gasteiger partial charge in [-0.25, -0.2) is 4.98 Å². The second-order valence-electron chi connectivity index (χ2n) is 19.0. The molecule has 0 saturated heterocycles. The summed E-state index contributed by atoms with van der Waals surface area (Å²) in [6.07, 6.45) is 1.82. The van der Waals surface area contributed by atoms with Crippen molar-refractivity contribution in [2.75, 3.05) is 0 Å². The zero-order chi connectivity index (χ0) is 41.4. The van der Waals surface area contributed by atoms with Crippen LogP contribution in [0.25, 0.3) is 83.6 Å². The minimum Gasteiger partial charge on any atom is -0.507 e. The summed E-state index contributed by atoms with van der Waals surface area (Å²) in [6, 6.07) is 46.9. The molecule has 294 valence electrons. The molecule has 6 aromatic carbocycles. The van der Waals surface area contributed by atoms with E-state index in [2.05, 4.69) is 182 Å². The second kappa shape index (κ2) is 13.8. The highest BCUT2D eigenvalue weighted by Crippen LogP contribution is 2.46. The van der Waals surface area contributed by atoms with Crippen LogP contribution in [0.3, 0.4) is 0 Å². The summed E-state index contributed by atoms with van der Waals surface area (Å²) in [7, 11) is 0. The van der Waals surface area contributed by atoms with Crippen molar-refractivity contribution in [1.82, 2.24) is 14.5 Å². The summed E-state index contributed by atoms with van der Waals surface area (Å²) >= 11 is 0. The van der Waals surface area contributed by atoms with Crippen LogP contribution in [0.4, 0.5) is 0 Å². The molecule has 5 nitrogen and oxygen atoms in total. The Morgan fingerprint density at radius 2 is 1.20 bits per heavy atom. The van der Waals surface area contributed by atoms with Crippen molar-refractivity contribution in [3.05, 3.63) is 156 Å². The summed E-state index contributed by atoms with van der Waals surface area (Å²) in [6.45, 7) is 19.9. The number of aromatic nitrogens is 3. The molecule has 5 heteroatoms. The maximum atomic E-state index is 12.4. The van der Waals surface area contributed by atoms with Crippen molar-refractivity contribution in [2.45, 2.75) is 78.6 Å². The number of para-hydroxylation sites is 2. The van der Waals surface area contributed by atoms with Crippen molar-refractivity contribution >= 4 is 33.0 Å². The van der Waals surface area contributed by atoms with E-state index in [1.807, 2.05) is 24.4 Å². The largest absolute Gasteiger partial charge is 0.507 e. The molecule has 1 N–H and O–H groups in total. The molecule has 3 heterocycles. The predicted molar refractivity (Wildman–Crippen MR) is 246 cm³/mol. The van der Waals surface area contributed by atoms with Crippen molar-refractivity contribution in [2.24, 2.45) is 0 Å². The molecule has 0 unspecified atom stereocenters. The lowest BCUT2D eigenvalue weighted by Crippen LogP contribution is -2.17. The zero-order valence-electron chi connectivity index (χ0n) is 35.5. The van der Waals surface area contributed by atoms with Crippen LogP contribution in [0.5, 0.6) is 5.75 Å². The van der Waals surface area contributed by atoms with E-state index < -0.39 is 0 Å². The van der Waals surface area contributed by atoms with Gasteiger partial charge in [0.05, 0.1) is 34.2 Å². The van der Waals surface area contributed by atoms with Gasteiger partial charge in [0.15, 0.2) is 5.58 Å². The number of hydrogen-bond acceptors (Lipinski definition) is 4. The molecule has 3 aromatic heterocycles. The number of aromatic hydroxyl groups is 1. The third kappa shape index (κ3) is 6.78. The van der Waals surface area contributed by atoms with Crippen LogP contribution in [0.15, 0.2) is 144 Å². The topological polar surface area (TPSA) is 64.1 Å². The maximum Gasteiger partial charge on any atom is 0.153 e. The number of fused-ring (bicyclic) bond motifs is 4. The number of rotatable bonds is 5. The van der Waals surface area contributed by atoms with Gasteiger partial charge in [0, 0.05) is 33.0 Å². The molecule has 0 radical (unpaired) electrons. The average molecular weight is 774 g/mol. The molecule has 0 saturated carbocycles. The highest BCUT2D eigenvalue weighted by Gasteiger charge is 2.29. The highest BCUT2D eigenvalue weighted by atomic mass is 16.3. The molecule has 0 spiro atoms. The number of benzene rings is 6. The quantitative estimate of drug-likeness (QED) is 0.189. The molecule has 9 aromatic rings. The molecule has 0 fully saturated rings. The minimum absolute atomic E-state index is 0.0644. The van der Waals surface area contributed by atoms with E-state index in [4.69, 9.17) is 14.4 Å². The van der Waals surface area contributed by atoms with Crippen LogP contribution >= 0.6 is 0 Å². The number of phenols is 1. The van der Waals surface area contributed by atoms with E-state index in [1.165, 1.54) is 5.56 Å². The van der Waals surface area contributed by atoms with E-state index in [0.29, 0.717) is 11.4 Å². The van der Waals surface area contributed by atoms with Gasteiger partial charge in [-0.1, -0.05) is 153 Å². The number of hydrogen-bond donors (Lipinski definition) is 1. The van der Waals surface area contributed by atoms with E-state index in [1.54, 1.807) is 0 Å². The standard InChI is InChI=1S/C54H51N3O2/c1-52(2,3)36-25-26-45(40(28-36)33-17-11-10-12-18-33)57-46-23-16-22-38(49(46)56-51(57)42-29-37(53(4,5)6)30-43(50(42)58)54(7,8)9)34-19-15-20-35(27-34)44-31-41-39-21-13-14-24-47(39)59-48(41)32-55-44/h10-32,58H,1-9H3. The average Bonchev–Trinajstić information content (AvgIpc) is 3.78. The van der Waals surface area contributed by atoms with Crippen molar-refractivity contribution in [3.63, 3.8) is 0 Å². The molecule has 59 heavy (non-hydrogen) atoms. The zero-order valence-corrected chi connectivity index (χ0v) is 35.5. The molecule has 0 aliphatic rings. The van der Waals surface area contributed by atoms with Crippen LogP contribution in [-0.4, -0.2) is 19.6 Å². The molecule has 9 rings (SSSR count). The van der Waals surface area contributed by atoms with Gasteiger partial charge in [0.25, 0.3) is 0 Å². The Bertz CT molecular complexity index is 3050. The molecule has 0 atom stereocenters. The molecular weight excluding hydrogens is 723 g/mol. The highest BCUT2D eigenvalue weighted by molar-refractivity contribution is 6.06. The third-order valence-electron chi connectivity index (χ3n) is 11.6. The molecule has 0 aliphatic carbocycles. The first-order valence-corrected chi connectivity index (χ1v) is 20.5. The van der Waals surface area contributed by atoms with Crippen LogP contribution in [0.1, 0.15) is 79.0 Å². The van der Waals surface area contributed by atoms with Gasteiger partial charge in [-0.15, -0.1) is 0 Å². The first-order valence-electron chi connectivity index (χ1n) is 20.5. The molecule has 0 bridgehead atoms. The fraction of sp³-hybridized carbons (Fsp3) is 0.222. The number of nitrogens with zero attached hydrogens (tertiary/aromatic N) is 3. The van der Waals surface area contributed by atoms with Crippen molar-refractivity contribution in [3.8, 4) is 56.3 Å². The Morgan fingerprint density at radius 1 is 0.525 bits per heavy atom. The number of phenolic OH excluding ortho intramolecular Hbond substituents is 1. The first-order chi connectivity index (χ1) is 28.1. The number of imidazole rings is 1. The smallest absolute Gasteiger partial charge is 0.153 e. The van der Waals surface area contributed by atoms with E-state index >= 15 is 0 Å². The molecular formula is C54H51N3O2. The Kier molecular flexibility index (Phi) is 8.93. The molecule has 0 aliphatic heterocycles. The fourth-order valence-electron chi connectivity index (χ4n) is 8.25. The van der Waals surface area contributed by atoms with Gasteiger partial charge in [-0.05, 0) is 81.0 Å². The summed E-state index contributed by atoms with van der Waals surface area (Å²) in [5, 5.41) is 14.5. The van der Waals surface area contributed by atoms with Gasteiger partial charge in [-0.2, -0.15) is 0 Å². The van der Waals surface area contributed by atoms with Crippen LogP contribution < -0.4 is 0 Å². The van der Waals surface area contributed by atoms with Gasteiger partial charge >= 0.3 is 0 Å². The van der Waals surface area contributed by atoms with Crippen LogP contribution in [0.2, 0.25) is 0 Å². The lowest BCUT2D eigenvalue weighted by molar-refractivity contribution is 0.446. The third-order valence-corrected chi connectivity index (χ3v) is 11.6. The van der Waals surface area contributed by atoms with E-state index in [9.17, 15) is 5.11 Å². The second-order valence-corrected chi connectivity index (χ2v) is 19.0.